The predicted molar refractivity (Wildman–Crippen MR) is 109 cm³/mol. The average Bonchev–Trinajstić information content (AvgIpc) is 2.65. The molecule has 27 heavy (non-hydrogen) atoms. The Labute approximate surface area is 169 Å². The number of anilines is 1. The van der Waals surface area contributed by atoms with Crippen molar-refractivity contribution in [3.05, 3.63) is 64.1 Å². The summed E-state index contributed by atoms with van der Waals surface area (Å²) in [5.41, 5.74) is 1.53. The third kappa shape index (κ3) is 6.54. The van der Waals surface area contributed by atoms with Gasteiger partial charge in [0.15, 0.2) is 6.54 Å². The molecule has 2 aromatic rings. The van der Waals surface area contributed by atoms with Crippen molar-refractivity contribution < 1.29 is 14.5 Å². The highest BCUT2D eigenvalue weighted by atomic mass is 35.5. The van der Waals surface area contributed by atoms with Gasteiger partial charge >= 0.3 is 0 Å². The lowest BCUT2D eigenvalue weighted by Gasteiger charge is -2.22. The highest BCUT2D eigenvalue weighted by molar-refractivity contribution is 6.39. The molecule has 0 spiro atoms. The summed E-state index contributed by atoms with van der Waals surface area (Å²) in [6.07, 6.45) is 0. The van der Waals surface area contributed by atoms with Crippen LogP contribution in [0.2, 0.25) is 10.0 Å². The number of para-hydroxylation sites is 1. The normalized spacial score (nSPS) is 11.7. The molecule has 1 atom stereocenters. The Morgan fingerprint density at radius 2 is 1.67 bits per heavy atom. The monoisotopic (exact) mass is 408 g/mol. The lowest BCUT2D eigenvalue weighted by Crippen LogP contribution is -3.11. The van der Waals surface area contributed by atoms with Gasteiger partial charge in [-0.1, -0.05) is 59.6 Å². The molecule has 0 aromatic heterocycles. The van der Waals surface area contributed by atoms with E-state index in [0.717, 1.165) is 18.0 Å². The van der Waals surface area contributed by atoms with Crippen LogP contribution in [-0.4, -0.2) is 43.4 Å². The molecule has 2 amide bonds. The molecule has 0 bridgehead atoms. The van der Waals surface area contributed by atoms with E-state index in [9.17, 15) is 9.59 Å². The summed E-state index contributed by atoms with van der Waals surface area (Å²) < 4.78 is 0. The minimum atomic E-state index is -0.345. The summed E-state index contributed by atoms with van der Waals surface area (Å²) in [6, 6.07) is 15.0. The SMILES string of the molecule is CC[NH+](CC(=O)N(C)CC(=O)Nc1c(Cl)cccc1Cl)Cc1ccccc1. The highest BCUT2D eigenvalue weighted by Gasteiger charge is 2.19. The van der Waals surface area contributed by atoms with E-state index in [-0.39, 0.29) is 18.4 Å². The molecule has 0 saturated carbocycles. The predicted octanol–water partition coefficient (Wildman–Crippen LogP) is 2.50. The number of benzene rings is 2. The number of rotatable bonds is 8. The number of carbonyl (C=O) groups excluding carboxylic acids is 2. The molecule has 7 heteroatoms. The molecular weight excluding hydrogens is 385 g/mol. The van der Waals surface area contributed by atoms with Crippen molar-refractivity contribution in [1.29, 1.82) is 0 Å². The fourth-order valence-electron chi connectivity index (χ4n) is 2.65. The largest absolute Gasteiger partial charge is 0.332 e. The minimum absolute atomic E-state index is 0.0667. The summed E-state index contributed by atoms with van der Waals surface area (Å²) in [5, 5.41) is 3.38. The first-order chi connectivity index (χ1) is 12.9. The van der Waals surface area contributed by atoms with Crippen molar-refractivity contribution in [2.75, 3.05) is 32.0 Å². The second-order valence-electron chi connectivity index (χ2n) is 6.34. The van der Waals surface area contributed by atoms with Crippen molar-refractivity contribution in [3.63, 3.8) is 0 Å². The first-order valence-electron chi connectivity index (χ1n) is 8.76. The topological polar surface area (TPSA) is 53.9 Å². The molecule has 2 rings (SSSR count). The Morgan fingerprint density at radius 3 is 2.26 bits per heavy atom. The molecule has 0 aliphatic carbocycles. The van der Waals surface area contributed by atoms with Crippen LogP contribution >= 0.6 is 23.2 Å². The average molecular weight is 409 g/mol. The van der Waals surface area contributed by atoms with Crippen LogP contribution in [0.1, 0.15) is 12.5 Å². The van der Waals surface area contributed by atoms with Gasteiger partial charge in [0.25, 0.3) is 5.91 Å². The lowest BCUT2D eigenvalue weighted by atomic mass is 10.2. The van der Waals surface area contributed by atoms with Crippen LogP contribution in [0.5, 0.6) is 0 Å². The maximum absolute atomic E-state index is 12.5. The number of nitrogens with one attached hydrogen (secondary N) is 2. The number of nitrogens with zero attached hydrogens (tertiary/aromatic N) is 1. The number of halogens is 2. The maximum Gasteiger partial charge on any atom is 0.277 e. The van der Waals surface area contributed by atoms with Crippen molar-refractivity contribution >= 4 is 40.7 Å². The number of hydrogen-bond acceptors (Lipinski definition) is 2. The molecule has 1 unspecified atom stereocenters. The standard InChI is InChI=1S/C20H23Cl2N3O2/c1-3-25(12-15-8-5-4-6-9-15)14-19(27)24(2)13-18(26)23-20-16(21)10-7-11-17(20)22/h4-11H,3,12-14H2,1-2H3,(H,23,26)/p+1. The van der Waals surface area contributed by atoms with Gasteiger partial charge in [-0.3, -0.25) is 9.59 Å². The first-order valence-corrected chi connectivity index (χ1v) is 9.51. The van der Waals surface area contributed by atoms with E-state index in [1.54, 1.807) is 25.2 Å². The number of amides is 2. The third-order valence-electron chi connectivity index (χ3n) is 4.23. The zero-order valence-electron chi connectivity index (χ0n) is 15.5. The molecule has 5 nitrogen and oxygen atoms in total. The molecule has 0 heterocycles. The second-order valence-corrected chi connectivity index (χ2v) is 7.15. The van der Waals surface area contributed by atoms with E-state index in [1.165, 1.54) is 10.5 Å². The highest BCUT2D eigenvalue weighted by Crippen LogP contribution is 2.29. The van der Waals surface area contributed by atoms with Crippen molar-refractivity contribution in [3.8, 4) is 0 Å². The minimum Gasteiger partial charge on any atom is -0.332 e. The molecule has 0 fully saturated rings. The Morgan fingerprint density at radius 1 is 1.04 bits per heavy atom. The summed E-state index contributed by atoms with van der Waals surface area (Å²) in [6.45, 7) is 3.87. The van der Waals surface area contributed by atoms with E-state index in [0.29, 0.717) is 22.3 Å². The molecule has 0 radical (unpaired) electrons. The van der Waals surface area contributed by atoms with Gasteiger partial charge in [-0.15, -0.1) is 0 Å². The van der Waals surface area contributed by atoms with E-state index in [2.05, 4.69) is 5.32 Å². The Kier molecular flexibility index (Phi) is 8.10. The van der Waals surface area contributed by atoms with E-state index < -0.39 is 0 Å². The van der Waals surface area contributed by atoms with Crippen LogP contribution in [0.3, 0.4) is 0 Å². The number of carbonyl (C=O) groups is 2. The lowest BCUT2D eigenvalue weighted by molar-refractivity contribution is -0.904. The first kappa shape index (κ1) is 21.2. The third-order valence-corrected chi connectivity index (χ3v) is 4.86. The molecule has 2 N–H and O–H groups in total. The van der Waals surface area contributed by atoms with Crippen LogP contribution in [0, 0.1) is 0 Å². The van der Waals surface area contributed by atoms with Gasteiger partial charge in [0, 0.05) is 12.6 Å². The van der Waals surface area contributed by atoms with Gasteiger partial charge in [0.1, 0.15) is 6.54 Å². The second kappa shape index (κ2) is 10.3. The van der Waals surface area contributed by atoms with E-state index in [1.807, 2.05) is 37.3 Å². The smallest absolute Gasteiger partial charge is 0.277 e. The molecule has 144 valence electrons. The molecule has 0 aliphatic heterocycles. The van der Waals surface area contributed by atoms with Gasteiger partial charge < -0.3 is 15.1 Å². The summed E-state index contributed by atoms with van der Waals surface area (Å²) in [4.78, 5) is 27.3. The molecular formula is C20H24Cl2N3O2+. The van der Waals surface area contributed by atoms with Crippen molar-refractivity contribution in [2.45, 2.75) is 13.5 Å². The Bertz CT molecular complexity index is 764. The summed E-state index contributed by atoms with van der Waals surface area (Å²) in [7, 11) is 1.62. The fraction of sp³-hybridized carbons (Fsp3) is 0.300. The Hall–Kier alpha value is -2.08. The van der Waals surface area contributed by atoms with Crippen LogP contribution in [0.15, 0.2) is 48.5 Å². The van der Waals surface area contributed by atoms with Crippen LogP contribution in [0.4, 0.5) is 5.69 Å². The number of quaternary nitrogens is 1. The van der Waals surface area contributed by atoms with Crippen molar-refractivity contribution in [2.24, 2.45) is 0 Å². The molecule has 0 aliphatic rings. The zero-order valence-corrected chi connectivity index (χ0v) is 17.0. The Balaban J connectivity index is 1.89. The van der Waals surface area contributed by atoms with Gasteiger partial charge in [-0.25, -0.2) is 0 Å². The zero-order chi connectivity index (χ0) is 19.8. The van der Waals surface area contributed by atoms with E-state index >= 15 is 0 Å². The van der Waals surface area contributed by atoms with Crippen LogP contribution in [-0.2, 0) is 16.1 Å². The number of likely N-dealkylation sites (N-methyl/N-ethyl adjacent to an activating group) is 2. The van der Waals surface area contributed by atoms with Crippen molar-refractivity contribution in [1.82, 2.24) is 4.90 Å². The van der Waals surface area contributed by atoms with Gasteiger partial charge in [0.2, 0.25) is 5.91 Å². The quantitative estimate of drug-likeness (QED) is 0.704. The number of hydrogen-bond donors (Lipinski definition) is 2. The molecule has 2 aromatic carbocycles. The van der Waals surface area contributed by atoms with Crippen LogP contribution in [0.25, 0.3) is 0 Å². The summed E-state index contributed by atoms with van der Waals surface area (Å²) >= 11 is 12.1. The van der Waals surface area contributed by atoms with Gasteiger partial charge in [0.05, 0.1) is 28.8 Å². The van der Waals surface area contributed by atoms with Gasteiger partial charge in [-0.2, -0.15) is 0 Å². The maximum atomic E-state index is 12.5. The fourth-order valence-corrected chi connectivity index (χ4v) is 3.14. The molecule has 0 saturated heterocycles. The van der Waals surface area contributed by atoms with E-state index in [4.69, 9.17) is 23.2 Å². The van der Waals surface area contributed by atoms with Crippen LogP contribution < -0.4 is 10.2 Å². The summed E-state index contributed by atoms with van der Waals surface area (Å²) in [5.74, 6) is -0.440. The van der Waals surface area contributed by atoms with Gasteiger partial charge in [-0.05, 0) is 19.1 Å².